The first kappa shape index (κ1) is 15.5. The van der Waals surface area contributed by atoms with Crippen molar-refractivity contribution in [3.05, 3.63) is 59.7 Å². The van der Waals surface area contributed by atoms with E-state index in [4.69, 9.17) is 19.5 Å². The summed E-state index contributed by atoms with van der Waals surface area (Å²) in [5.74, 6) is 2.04. The van der Waals surface area contributed by atoms with Crippen molar-refractivity contribution in [1.82, 2.24) is 0 Å². The van der Waals surface area contributed by atoms with Crippen molar-refractivity contribution >= 4 is 5.57 Å². The number of rotatable bonds is 5. The van der Waals surface area contributed by atoms with E-state index < -0.39 is 0 Å². The van der Waals surface area contributed by atoms with E-state index in [1.807, 2.05) is 42.5 Å². The molecule has 0 radical (unpaired) electrons. The van der Waals surface area contributed by atoms with Crippen LogP contribution in [0.4, 0.5) is 0 Å². The molecule has 0 aromatic heterocycles. The molecular weight excluding hydrogens is 278 g/mol. The molecule has 0 aliphatic carbocycles. The van der Waals surface area contributed by atoms with Crippen LogP contribution in [0.15, 0.2) is 48.5 Å². The largest absolute Gasteiger partial charge is 0.497 e. The number of methoxy groups -OCH3 is 3. The second kappa shape index (κ2) is 7.19. The minimum atomic E-state index is 0.623. The lowest BCUT2D eigenvalue weighted by Gasteiger charge is -2.12. The maximum atomic E-state index is 9.08. The molecule has 0 saturated heterocycles. The average molecular weight is 295 g/mol. The number of nitriles is 1. The second-order valence-electron chi connectivity index (χ2n) is 4.49. The van der Waals surface area contributed by atoms with E-state index in [9.17, 15) is 0 Å². The SMILES string of the molecule is COc1ccc(/C(=C\C#N)c2ccc(OC)c(OC)c2)cc1. The van der Waals surface area contributed by atoms with Gasteiger partial charge in [0.05, 0.1) is 27.4 Å². The van der Waals surface area contributed by atoms with Gasteiger partial charge in [0.25, 0.3) is 0 Å². The van der Waals surface area contributed by atoms with Crippen LogP contribution in [0.2, 0.25) is 0 Å². The second-order valence-corrected chi connectivity index (χ2v) is 4.49. The average Bonchev–Trinajstić information content (AvgIpc) is 2.59. The Kier molecular flexibility index (Phi) is 5.05. The first-order valence-corrected chi connectivity index (χ1v) is 6.70. The lowest BCUT2D eigenvalue weighted by Crippen LogP contribution is -1.94. The van der Waals surface area contributed by atoms with E-state index in [0.29, 0.717) is 11.5 Å². The van der Waals surface area contributed by atoms with Gasteiger partial charge < -0.3 is 14.2 Å². The van der Waals surface area contributed by atoms with Crippen LogP contribution >= 0.6 is 0 Å². The molecule has 2 aromatic carbocycles. The third-order valence-corrected chi connectivity index (χ3v) is 3.30. The van der Waals surface area contributed by atoms with Gasteiger partial charge in [-0.3, -0.25) is 0 Å². The lowest BCUT2D eigenvalue weighted by molar-refractivity contribution is 0.355. The Labute approximate surface area is 130 Å². The molecule has 4 nitrogen and oxygen atoms in total. The molecule has 0 saturated carbocycles. The third kappa shape index (κ3) is 3.21. The van der Waals surface area contributed by atoms with Gasteiger partial charge in [-0.05, 0) is 41.0 Å². The number of nitrogens with zero attached hydrogens (tertiary/aromatic N) is 1. The molecule has 0 bridgehead atoms. The minimum Gasteiger partial charge on any atom is -0.497 e. The normalized spacial score (nSPS) is 10.7. The summed E-state index contributed by atoms with van der Waals surface area (Å²) < 4.78 is 15.7. The molecule has 0 spiro atoms. The molecule has 0 aliphatic heterocycles. The maximum Gasteiger partial charge on any atom is 0.161 e. The summed E-state index contributed by atoms with van der Waals surface area (Å²) in [7, 11) is 4.80. The summed E-state index contributed by atoms with van der Waals surface area (Å²) in [4.78, 5) is 0. The summed E-state index contributed by atoms with van der Waals surface area (Å²) >= 11 is 0. The van der Waals surface area contributed by atoms with Gasteiger partial charge in [-0.2, -0.15) is 5.26 Å². The molecule has 0 aliphatic rings. The van der Waals surface area contributed by atoms with Gasteiger partial charge >= 0.3 is 0 Å². The Morgan fingerprint density at radius 1 is 0.864 bits per heavy atom. The smallest absolute Gasteiger partial charge is 0.161 e. The lowest BCUT2D eigenvalue weighted by atomic mass is 9.97. The highest BCUT2D eigenvalue weighted by atomic mass is 16.5. The maximum absolute atomic E-state index is 9.08. The van der Waals surface area contributed by atoms with E-state index in [1.165, 1.54) is 6.08 Å². The van der Waals surface area contributed by atoms with E-state index in [0.717, 1.165) is 22.4 Å². The monoisotopic (exact) mass is 295 g/mol. The van der Waals surface area contributed by atoms with Crippen LogP contribution in [-0.4, -0.2) is 21.3 Å². The molecule has 0 N–H and O–H groups in total. The van der Waals surface area contributed by atoms with Crippen molar-refractivity contribution in [3.63, 3.8) is 0 Å². The highest BCUT2D eigenvalue weighted by molar-refractivity contribution is 5.82. The van der Waals surface area contributed by atoms with Crippen molar-refractivity contribution in [1.29, 1.82) is 5.26 Å². The predicted octanol–water partition coefficient (Wildman–Crippen LogP) is 3.67. The van der Waals surface area contributed by atoms with Crippen LogP contribution in [0.1, 0.15) is 11.1 Å². The van der Waals surface area contributed by atoms with Crippen LogP contribution < -0.4 is 14.2 Å². The zero-order chi connectivity index (χ0) is 15.9. The van der Waals surface area contributed by atoms with Crippen molar-refractivity contribution in [3.8, 4) is 23.3 Å². The molecule has 0 heterocycles. The minimum absolute atomic E-state index is 0.623. The van der Waals surface area contributed by atoms with Gasteiger partial charge in [0.2, 0.25) is 0 Å². The molecular formula is C18H17NO3. The van der Waals surface area contributed by atoms with Gasteiger partial charge in [-0.1, -0.05) is 18.2 Å². The number of hydrogen-bond donors (Lipinski definition) is 0. The van der Waals surface area contributed by atoms with Crippen molar-refractivity contribution in [2.45, 2.75) is 0 Å². The van der Waals surface area contributed by atoms with Gasteiger partial charge in [-0.25, -0.2) is 0 Å². The Balaban J connectivity index is 2.48. The topological polar surface area (TPSA) is 51.5 Å². The van der Waals surface area contributed by atoms with E-state index in [-0.39, 0.29) is 0 Å². The summed E-state index contributed by atoms with van der Waals surface area (Å²) in [6.45, 7) is 0. The zero-order valence-corrected chi connectivity index (χ0v) is 12.8. The predicted molar refractivity (Wildman–Crippen MR) is 85.2 cm³/mol. The standard InChI is InChI=1S/C18H17NO3/c1-20-15-7-4-13(5-8-15)16(10-11-19)14-6-9-17(21-2)18(12-14)22-3/h4-10,12H,1-3H3/b16-10+. The summed E-state index contributed by atoms with van der Waals surface area (Å²) in [6, 6.07) is 15.2. The molecule has 4 heteroatoms. The van der Waals surface area contributed by atoms with Gasteiger partial charge in [0, 0.05) is 6.08 Å². The summed E-state index contributed by atoms with van der Waals surface area (Å²) in [6.07, 6.45) is 1.52. The number of ether oxygens (including phenoxy) is 3. The number of allylic oxidation sites excluding steroid dienone is 1. The van der Waals surface area contributed by atoms with Crippen LogP contribution in [0.3, 0.4) is 0 Å². The molecule has 0 amide bonds. The molecule has 2 aromatic rings. The van der Waals surface area contributed by atoms with Crippen molar-refractivity contribution in [2.75, 3.05) is 21.3 Å². The fourth-order valence-corrected chi connectivity index (χ4v) is 2.17. The Hall–Kier alpha value is -2.93. The number of benzene rings is 2. The fourth-order valence-electron chi connectivity index (χ4n) is 2.17. The fraction of sp³-hybridized carbons (Fsp3) is 0.167. The van der Waals surface area contributed by atoms with E-state index in [2.05, 4.69) is 6.07 Å². The molecule has 2 rings (SSSR count). The van der Waals surface area contributed by atoms with Crippen molar-refractivity contribution in [2.24, 2.45) is 0 Å². The Morgan fingerprint density at radius 2 is 1.50 bits per heavy atom. The van der Waals surface area contributed by atoms with Crippen LogP contribution in [-0.2, 0) is 0 Å². The Morgan fingerprint density at radius 3 is 2.05 bits per heavy atom. The third-order valence-electron chi connectivity index (χ3n) is 3.30. The molecule has 0 atom stereocenters. The zero-order valence-electron chi connectivity index (χ0n) is 12.8. The van der Waals surface area contributed by atoms with Crippen molar-refractivity contribution < 1.29 is 14.2 Å². The van der Waals surface area contributed by atoms with Crippen LogP contribution in [0.25, 0.3) is 5.57 Å². The molecule has 0 unspecified atom stereocenters. The van der Waals surface area contributed by atoms with Crippen LogP contribution in [0.5, 0.6) is 17.2 Å². The highest BCUT2D eigenvalue weighted by Gasteiger charge is 2.10. The van der Waals surface area contributed by atoms with Gasteiger partial charge in [0.15, 0.2) is 11.5 Å². The first-order chi connectivity index (χ1) is 10.7. The van der Waals surface area contributed by atoms with E-state index >= 15 is 0 Å². The molecule has 0 fully saturated rings. The van der Waals surface area contributed by atoms with E-state index in [1.54, 1.807) is 21.3 Å². The van der Waals surface area contributed by atoms with Crippen LogP contribution in [0, 0.1) is 11.3 Å². The Bertz CT molecular complexity index is 712. The summed E-state index contributed by atoms with van der Waals surface area (Å²) in [5.41, 5.74) is 2.62. The number of hydrogen-bond acceptors (Lipinski definition) is 4. The quantitative estimate of drug-likeness (QED) is 0.790. The highest BCUT2D eigenvalue weighted by Crippen LogP contribution is 2.33. The molecule has 22 heavy (non-hydrogen) atoms. The van der Waals surface area contributed by atoms with Gasteiger partial charge in [-0.15, -0.1) is 0 Å². The molecule has 112 valence electrons. The summed E-state index contributed by atoms with van der Waals surface area (Å²) in [5, 5.41) is 9.08. The van der Waals surface area contributed by atoms with Gasteiger partial charge in [0.1, 0.15) is 5.75 Å². The first-order valence-electron chi connectivity index (χ1n) is 6.70.